The van der Waals surface area contributed by atoms with Crippen LogP contribution < -0.4 is 0 Å². The summed E-state index contributed by atoms with van der Waals surface area (Å²) >= 11 is 0. The summed E-state index contributed by atoms with van der Waals surface area (Å²) in [5, 5.41) is 4.02. The number of carbonyl (C=O) groups is 1. The van der Waals surface area contributed by atoms with Crippen molar-refractivity contribution in [2.24, 2.45) is 11.8 Å². The maximum absolute atomic E-state index is 11.4. The lowest BCUT2D eigenvalue weighted by Gasteiger charge is -2.46. The van der Waals surface area contributed by atoms with Gasteiger partial charge in [0.05, 0.1) is 0 Å². The lowest BCUT2D eigenvalue weighted by Crippen LogP contribution is -2.54. The summed E-state index contributed by atoms with van der Waals surface area (Å²) in [6, 6.07) is 0. The van der Waals surface area contributed by atoms with Gasteiger partial charge in [-0.1, -0.05) is 12.8 Å². The second-order valence-corrected chi connectivity index (χ2v) is 4.75. The molecular weight excluding hydrogens is 176 g/mol. The summed E-state index contributed by atoms with van der Waals surface area (Å²) in [4.78, 5) is 11.4. The van der Waals surface area contributed by atoms with Crippen molar-refractivity contribution in [3.8, 4) is 0 Å². The van der Waals surface area contributed by atoms with Gasteiger partial charge < -0.3 is 0 Å². The topological polar surface area (TPSA) is 23.6 Å². The van der Waals surface area contributed by atoms with Crippen molar-refractivity contribution >= 4 is 5.91 Å². The number of carbonyl (C=O) groups excluding carboxylic acids is 1. The van der Waals surface area contributed by atoms with E-state index in [1.54, 1.807) is 6.92 Å². The van der Waals surface area contributed by atoms with Crippen molar-refractivity contribution in [2.75, 3.05) is 20.1 Å². The van der Waals surface area contributed by atoms with E-state index in [9.17, 15) is 4.79 Å². The highest BCUT2D eigenvalue weighted by atomic mass is 16.2. The fourth-order valence-electron chi connectivity index (χ4n) is 2.93. The Morgan fingerprint density at radius 1 is 1.14 bits per heavy atom. The molecule has 0 spiro atoms. The van der Waals surface area contributed by atoms with Gasteiger partial charge in [0.25, 0.3) is 0 Å². The molecule has 1 heterocycles. The molecule has 0 radical (unpaired) electrons. The Morgan fingerprint density at radius 3 is 2.29 bits per heavy atom. The van der Waals surface area contributed by atoms with Gasteiger partial charge in [-0.25, -0.2) is 5.01 Å². The highest BCUT2D eigenvalue weighted by Gasteiger charge is 2.34. The molecule has 3 nitrogen and oxygen atoms in total. The number of nitrogens with zero attached hydrogens (tertiary/aromatic N) is 2. The number of hydrazine groups is 1. The van der Waals surface area contributed by atoms with Crippen molar-refractivity contribution in [1.82, 2.24) is 10.0 Å². The van der Waals surface area contributed by atoms with E-state index in [0.29, 0.717) is 0 Å². The molecule has 0 aromatic heterocycles. The number of amides is 1. The molecule has 1 saturated carbocycles. The molecule has 0 aromatic rings. The van der Waals surface area contributed by atoms with Crippen LogP contribution in [-0.4, -0.2) is 36.1 Å². The van der Waals surface area contributed by atoms with Gasteiger partial charge in [0.15, 0.2) is 0 Å². The molecule has 0 aromatic carbocycles. The summed E-state index contributed by atoms with van der Waals surface area (Å²) in [7, 11) is 2.03. The largest absolute Gasteiger partial charge is 0.276 e. The van der Waals surface area contributed by atoms with Crippen molar-refractivity contribution in [3.63, 3.8) is 0 Å². The van der Waals surface area contributed by atoms with Crippen molar-refractivity contribution < 1.29 is 4.79 Å². The average molecular weight is 196 g/mol. The Morgan fingerprint density at radius 2 is 1.71 bits per heavy atom. The molecule has 0 N–H and O–H groups in total. The Labute approximate surface area is 86.0 Å². The van der Waals surface area contributed by atoms with E-state index in [0.717, 1.165) is 24.9 Å². The Kier molecular flexibility index (Phi) is 2.77. The molecule has 2 fully saturated rings. The number of fused-ring (bicyclic) bond motifs is 1. The van der Waals surface area contributed by atoms with Crippen LogP contribution in [0.3, 0.4) is 0 Å². The molecule has 0 bridgehead atoms. The molecular formula is C11H20N2O. The van der Waals surface area contributed by atoms with Gasteiger partial charge in [0, 0.05) is 27.1 Å². The normalized spacial score (nSPS) is 34.0. The minimum absolute atomic E-state index is 0.191. The quantitative estimate of drug-likeness (QED) is 0.586. The third-order valence-corrected chi connectivity index (χ3v) is 3.75. The first kappa shape index (κ1) is 9.97. The summed E-state index contributed by atoms with van der Waals surface area (Å²) in [6.45, 7) is 3.69. The smallest absolute Gasteiger partial charge is 0.233 e. The molecule has 2 rings (SSSR count). The van der Waals surface area contributed by atoms with Crippen LogP contribution in [0.25, 0.3) is 0 Å². The van der Waals surface area contributed by atoms with Gasteiger partial charge in [-0.15, -0.1) is 0 Å². The molecule has 1 saturated heterocycles. The summed E-state index contributed by atoms with van der Waals surface area (Å²) in [5.74, 6) is 1.80. The minimum Gasteiger partial charge on any atom is -0.276 e. The van der Waals surface area contributed by atoms with E-state index in [1.807, 2.05) is 12.1 Å². The van der Waals surface area contributed by atoms with Crippen LogP contribution in [0.5, 0.6) is 0 Å². The number of hydrogen-bond donors (Lipinski definition) is 0. The predicted molar refractivity (Wildman–Crippen MR) is 55.5 cm³/mol. The molecule has 14 heavy (non-hydrogen) atoms. The highest BCUT2D eigenvalue weighted by Crippen LogP contribution is 2.34. The third-order valence-electron chi connectivity index (χ3n) is 3.75. The van der Waals surface area contributed by atoms with Gasteiger partial charge in [-0.05, 0) is 24.7 Å². The summed E-state index contributed by atoms with van der Waals surface area (Å²) in [5.41, 5.74) is 0. The van der Waals surface area contributed by atoms with Gasteiger partial charge in [0.1, 0.15) is 0 Å². The fourth-order valence-corrected chi connectivity index (χ4v) is 2.93. The van der Waals surface area contributed by atoms with E-state index >= 15 is 0 Å². The second kappa shape index (κ2) is 3.89. The lowest BCUT2D eigenvalue weighted by molar-refractivity contribution is -0.156. The molecule has 2 atom stereocenters. The van der Waals surface area contributed by atoms with E-state index in [4.69, 9.17) is 0 Å². The predicted octanol–water partition coefficient (Wildman–Crippen LogP) is 1.50. The number of rotatable bonds is 0. The fraction of sp³-hybridized carbons (Fsp3) is 0.909. The van der Waals surface area contributed by atoms with Crippen molar-refractivity contribution in [2.45, 2.75) is 32.6 Å². The molecule has 2 aliphatic rings. The molecule has 1 aliphatic carbocycles. The van der Waals surface area contributed by atoms with Crippen LogP contribution in [-0.2, 0) is 4.79 Å². The van der Waals surface area contributed by atoms with Crippen LogP contribution in [0.2, 0.25) is 0 Å². The highest BCUT2D eigenvalue weighted by molar-refractivity contribution is 5.72. The van der Waals surface area contributed by atoms with Crippen LogP contribution in [0.15, 0.2) is 0 Å². The van der Waals surface area contributed by atoms with Crippen molar-refractivity contribution in [3.05, 3.63) is 0 Å². The Balaban J connectivity index is 2.03. The van der Waals surface area contributed by atoms with Gasteiger partial charge >= 0.3 is 0 Å². The number of hydrogen-bond acceptors (Lipinski definition) is 2. The minimum atomic E-state index is 0.191. The zero-order chi connectivity index (χ0) is 10.1. The first-order valence-electron chi connectivity index (χ1n) is 5.67. The Hall–Kier alpha value is -0.570. The molecule has 1 amide bonds. The third kappa shape index (κ3) is 1.78. The van der Waals surface area contributed by atoms with Gasteiger partial charge in [-0.2, -0.15) is 0 Å². The van der Waals surface area contributed by atoms with Crippen LogP contribution in [0, 0.1) is 11.8 Å². The standard InChI is InChI=1S/C11H20N2O/c1-9(14)13-8-11-6-4-3-5-10(11)7-12(13)2/h10-11H,3-8H2,1-2H3. The average Bonchev–Trinajstić information content (AvgIpc) is 2.16. The molecule has 3 heteroatoms. The van der Waals surface area contributed by atoms with Crippen molar-refractivity contribution in [1.29, 1.82) is 0 Å². The summed E-state index contributed by atoms with van der Waals surface area (Å²) < 4.78 is 0. The van der Waals surface area contributed by atoms with E-state index < -0.39 is 0 Å². The van der Waals surface area contributed by atoms with Crippen LogP contribution in [0.1, 0.15) is 32.6 Å². The summed E-state index contributed by atoms with van der Waals surface area (Å²) in [6.07, 6.45) is 5.43. The Bertz CT molecular complexity index is 229. The van der Waals surface area contributed by atoms with E-state index in [2.05, 4.69) is 5.01 Å². The molecule has 1 aliphatic heterocycles. The van der Waals surface area contributed by atoms with E-state index in [-0.39, 0.29) is 5.91 Å². The monoisotopic (exact) mass is 196 g/mol. The van der Waals surface area contributed by atoms with E-state index in [1.165, 1.54) is 25.7 Å². The molecule has 80 valence electrons. The maximum atomic E-state index is 11.4. The van der Waals surface area contributed by atoms with Crippen LogP contribution >= 0.6 is 0 Å². The van der Waals surface area contributed by atoms with Gasteiger partial charge in [0.2, 0.25) is 5.91 Å². The zero-order valence-corrected chi connectivity index (χ0v) is 9.20. The first-order chi connectivity index (χ1) is 6.68. The zero-order valence-electron chi connectivity index (χ0n) is 9.20. The second-order valence-electron chi connectivity index (χ2n) is 4.75. The molecule has 2 unspecified atom stereocenters. The lowest BCUT2D eigenvalue weighted by atomic mass is 9.78. The SMILES string of the molecule is CC(=O)N1CC2CCCCC2CN1C. The van der Waals surface area contributed by atoms with Crippen LogP contribution in [0.4, 0.5) is 0 Å². The maximum Gasteiger partial charge on any atom is 0.233 e. The van der Waals surface area contributed by atoms with Gasteiger partial charge in [-0.3, -0.25) is 9.80 Å². The first-order valence-corrected chi connectivity index (χ1v) is 5.67.